The van der Waals surface area contributed by atoms with E-state index in [0.717, 1.165) is 33.7 Å². The standard InChI is InChI=1S/C54H35N3S/c1-3-16-34(17-4-1)36-30-45(35-18-5-2-6-19-35)55-52(31-36)56-46-26-11-8-21-38(46)40-32-44-51(33-49(40)56)58-50-29-14-10-24-42(50)54(44)41-23-9-13-28-48(41)57-47-27-12-7-20-37(47)39-22-15-25-43(54)53(39)57/h1-33,41,48H. The van der Waals surface area contributed by atoms with Gasteiger partial charge in [-0.2, -0.15) is 0 Å². The van der Waals surface area contributed by atoms with Crippen molar-refractivity contribution in [2.45, 2.75) is 21.2 Å². The lowest BCUT2D eigenvalue weighted by Gasteiger charge is -2.51. The molecule has 3 nitrogen and oxygen atoms in total. The molecule has 0 saturated heterocycles. The molecule has 1 spiro atoms. The van der Waals surface area contributed by atoms with Crippen LogP contribution in [0.4, 0.5) is 0 Å². The van der Waals surface area contributed by atoms with Crippen LogP contribution in [0.15, 0.2) is 210 Å². The van der Waals surface area contributed by atoms with Crippen molar-refractivity contribution in [2.24, 2.45) is 5.92 Å². The lowest BCUT2D eigenvalue weighted by Crippen LogP contribution is -2.46. The minimum Gasteiger partial charge on any atom is -0.333 e. The molecule has 13 rings (SSSR count). The number of hydrogen-bond acceptors (Lipinski definition) is 2. The van der Waals surface area contributed by atoms with E-state index in [1.807, 2.05) is 11.8 Å². The van der Waals surface area contributed by atoms with Crippen molar-refractivity contribution >= 4 is 55.4 Å². The van der Waals surface area contributed by atoms with Crippen molar-refractivity contribution in [3.63, 3.8) is 0 Å². The van der Waals surface area contributed by atoms with Crippen molar-refractivity contribution in [1.82, 2.24) is 14.1 Å². The predicted octanol–water partition coefficient (Wildman–Crippen LogP) is 13.7. The monoisotopic (exact) mass is 757 g/mol. The van der Waals surface area contributed by atoms with Crippen LogP contribution < -0.4 is 0 Å². The smallest absolute Gasteiger partial charge is 0.138 e. The van der Waals surface area contributed by atoms with E-state index in [2.05, 4.69) is 209 Å². The van der Waals surface area contributed by atoms with Gasteiger partial charge in [0, 0.05) is 48.3 Å². The van der Waals surface area contributed by atoms with E-state index in [1.165, 1.54) is 64.6 Å². The quantitative estimate of drug-likeness (QED) is 0.179. The Labute approximate surface area is 340 Å². The van der Waals surface area contributed by atoms with E-state index in [4.69, 9.17) is 4.98 Å². The van der Waals surface area contributed by atoms with Crippen LogP contribution in [-0.2, 0) is 5.41 Å². The highest BCUT2D eigenvalue weighted by Gasteiger charge is 2.54. The zero-order valence-corrected chi connectivity index (χ0v) is 32.3. The Morgan fingerprint density at radius 2 is 1.14 bits per heavy atom. The molecule has 0 radical (unpaired) electrons. The number of rotatable bonds is 3. The van der Waals surface area contributed by atoms with Crippen molar-refractivity contribution in [3.8, 4) is 28.2 Å². The van der Waals surface area contributed by atoms with Crippen molar-refractivity contribution in [3.05, 3.63) is 217 Å². The number of benzene rings is 7. The molecule has 0 saturated carbocycles. The zero-order valence-electron chi connectivity index (χ0n) is 31.5. The minimum absolute atomic E-state index is 0.143. The van der Waals surface area contributed by atoms with Crippen molar-refractivity contribution in [1.29, 1.82) is 0 Å². The lowest BCUT2D eigenvalue weighted by molar-refractivity contribution is 0.330. The van der Waals surface area contributed by atoms with Gasteiger partial charge in [-0.25, -0.2) is 4.98 Å². The number of para-hydroxylation sites is 3. The predicted molar refractivity (Wildman–Crippen MR) is 240 cm³/mol. The highest BCUT2D eigenvalue weighted by atomic mass is 32.2. The summed E-state index contributed by atoms with van der Waals surface area (Å²) in [5, 5.41) is 5.11. The number of aromatic nitrogens is 3. The van der Waals surface area contributed by atoms with Gasteiger partial charge in [0.1, 0.15) is 5.82 Å². The molecule has 0 bridgehead atoms. The molecule has 5 heterocycles. The molecule has 0 amide bonds. The second kappa shape index (κ2) is 12.1. The Morgan fingerprint density at radius 1 is 0.466 bits per heavy atom. The molecule has 3 aromatic heterocycles. The summed E-state index contributed by atoms with van der Waals surface area (Å²) < 4.78 is 5.04. The summed E-state index contributed by atoms with van der Waals surface area (Å²) >= 11 is 1.91. The molecule has 7 aromatic carbocycles. The van der Waals surface area contributed by atoms with Crippen LogP contribution in [0.3, 0.4) is 0 Å². The largest absolute Gasteiger partial charge is 0.333 e. The Kier molecular flexibility index (Phi) is 6.70. The maximum atomic E-state index is 5.47. The average Bonchev–Trinajstić information content (AvgIpc) is 3.81. The number of fused-ring (bicyclic) bond motifs is 14. The molecule has 10 aromatic rings. The summed E-state index contributed by atoms with van der Waals surface area (Å²) in [6.45, 7) is 0. The molecular formula is C54H35N3S. The molecule has 0 N–H and O–H groups in total. The topological polar surface area (TPSA) is 22.8 Å². The van der Waals surface area contributed by atoms with Crippen LogP contribution >= 0.6 is 11.8 Å². The van der Waals surface area contributed by atoms with Gasteiger partial charge in [0.25, 0.3) is 0 Å². The fourth-order valence-corrected chi connectivity index (χ4v) is 11.9. The molecule has 58 heavy (non-hydrogen) atoms. The average molecular weight is 758 g/mol. The maximum Gasteiger partial charge on any atom is 0.138 e. The Balaban J connectivity index is 1.15. The van der Waals surface area contributed by atoms with E-state index < -0.39 is 5.41 Å². The van der Waals surface area contributed by atoms with E-state index in [1.54, 1.807) is 0 Å². The molecular weight excluding hydrogens is 723 g/mol. The first kappa shape index (κ1) is 32.2. The van der Waals surface area contributed by atoms with Gasteiger partial charge >= 0.3 is 0 Å². The Bertz CT molecular complexity index is 3330. The number of allylic oxidation sites excluding steroid dienone is 4. The molecule has 3 atom stereocenters. The van der Waals surface area contributed by atoms with Gasteiger partial charge in [-0.05, 0) is 70.3 Å². The first-order chi connectivity index (χ1) is 28.8. The van der Waals surface area contributed by atoms with Crippen molar-refractivity contribution < 1.29 is 0 Å². The third-order valence-electron chi connectivity index (χ3n) is 13.0. The van der Waals surface area contributed by atoms with Crippen LogP contribution in [-0.4, -0.2) is 14.1 Å². The molecule has 3 unspecified atom stereocenters. The van der Waals surface area contributed by atoms with Gasteiger partial charge < -0.3 is 4.57 Å². The third kappa shape index (κ3) is 4.27. The van der Waals surface area contributed by atoms with Gasteiger partial charge in [-0.15, -0.1) is 0 Å². The minimum atomic E-state index is -0.434. The molecule has 2 aliphatic heterocycles. The van der Waals surface area contributed by atoms with Gasteiger partial charge in [0.15, 0.2) is 0 Å². The molecule has 1 aliphatic carbocycles. The highest BCUT2D eigenvalue weighted by Crippen LogP contribution is 2.63. The van der Waals surface area contributed by atoms with Crippen molar-refractivity contribution in [2.75, 3.05) is 0 Å². The van der Waals surface area contributed by atoms with E-state index in [0.29, 0.717) is 0 Å². The fourth-order valence-electron chi connectivity index (χ4n) is 10.7. The molecule has 272 valence electrons. The normalized spacial score (nSPS) is 18.9. The summed E-state index contributed by atoms with van der Waals surface area (Å²) in [6, 6.07) is 65.0. The van der Waals surface area contributed by atoms with Crippen LogP contribution in [0.2, 0.25) is 0 Å². The van der Waals surface area contributed by atoms with Crippen LogP contribution in [0.1, 0.15) is 22.7 Å². The summed E-state index contributed by atoms with van der Waals surface area (Å²) in [6.07, 6.45) is 9.47. The first-order valence-electron chi connectivity index (χ1n) is 20.1. The van der Waals surface area contributed by atoms with Crippen LogP contribution in [0.25, 0.3) is 71.8 Å². The third-order valence-corrected chi connectivity index (χ3v) is 14.1. The first-order valence-corrected chi connectivity index (χ1v) is 20.9. The highest BCUT2D eigenvalue weighted by molar-refractivity contribution is 7.99. The summed E-state index contributed by atoms with van der Waals surface area (Å²) in [5.74, 6) is 1.06. The molecule has 0 fully saturated rings. The lowest BCUT2D eigenvalue weighted by atomic mass is 9.57. The number of nitrogens with zero attached hydrogens (tertiary/aromatic N) is 3. The van der Waals surface area contributed by atoms with Gasteiger partial charge in [0.05, 0.1) is 33.7 Å². The van der Waals surface area contributed by atoms with Crippen LogP contribution in [0.5, 0.6) is 0 Å². The summed E-state index contributed by atoms with van der Waals surface area (Å²) in [5.41, 5.74) is 13.0. The SMILES string of the molecule is C1=CC2C(C=C1)C1(c3ccccc3Sc3cc4c(cc31)c1ccccc1n4-c1cc(-c3ccccc3)cc(-c3ccccc3)n1)c1cccc3c4ccccc4n2c13. The molecule has 4 heteroatoms. The second-order valence-electron chi connectivity index (χ2n) is 15.8. The van der Waals surface area contributed by atoms with E-state index in [9.17, 15) is 0 Å². The van der Waals surface area contributed by atoms with Gasteiger partial charge in [-0.3, -0.25) is 4.57 Å². The number of pyridine rings is 1. The zero-order chi connectivity index (χ0) is 38.0. The molecule has 3 aliphatic rings. The number of hydrogen-bond donors (Lipinski definition) is 0. The van der Waals surface area contributed by atoms with Gasteiger partial charge in [0.2, 0.25) is 0 Å². The van der Waals surface area contributed by atoms with Crippen LogP contribution in [0, 0.1) is 5.92 Å². The van der Waals surface area contributed by atoms with Gasteiger partial charge in [-0.1, -0.05) is 170 Å². The Morgan fingerprint density at radius 3 is 1.98 bits per heavy atom. The van der Waals surface area contributed by atoms with E-state index in [-0.39, 0.29) is 12.0 Å². The fraction of sp³-hybridized carbons (Fsp3) is 0.0556. The second-order valence-corrected chi connectivity index (χ2v) is 16.9. The van der Waals surface area contributed by atoms with E-state index >= 15 is 0 Å². The Hall–Kier alpha value is -6.88. The summed E-state index contributed by atoms with van der Waals surface area (Å²) in [7, 11) is 0. The maximum absolute atomic E-state index is 5.47. The summed E-state index contributed by atoms with van der Waals surface area (Å²) in [4.78, 5) is 8.07.